The van der Waals surface area contributed by atoms with Crippen LogP contribution in [-0.4, -0.2) is 39.0 Å². The van der Waals surface area contributed by atoms with Crippen molar-refractivity contribution < 1.29 is 27.4 Å². The van der Waals surface area contributed by atoms with Crippen LogP contribution >= 0.6 is 0 Å². The van der Waals surface area contributed by atoms with Crippen LogP contribution in [0.2, 0.25) is 0 Å². The van der Waals surface area contributed by atoms with E-state index in [0.29, 0.717) is 11.4 Å². The molecule has 0 aliphatic heterocycles. The summed E-state index contributed by atoms with van der Waals surface area (Å²) < 4.78 is 44.6. The van der Waals surface area contributed by atoms with Gasteiger partial charge in [0, 0.05) is 17.9 Å². The molecule has 0 spiro atoms. The first kappa shape index (κ1) is 16.1. The maximum absolute atomic E-state index is 11.8. The number of nitrogens with two attached hydrogens (primary N) is 1. The van der Waals surface area contributed by atoms with Crippen molar-refractivity contribution in [3.63, 3.8) is 0 Å². The number of methoxy groups -OCH3 is 1. The molecule has 0 bridgehead atoms. The van der Waals surface area contributed by atoms with E-state index in [1.807, 2.05) is 0 Å². The Bertz CT molecular complexity index is 464. The van der Waals surface area contributed by atoms with Gasteiger partial charge >= 0.3 is 12.1 Å². The van der Waals surface area contributed by atoms with E-state index in [2.05, 4.69) is 14.8 Å². The number of nitrogen functional groups attached to an aromatic ring is 1. The number of nitrogens with one attached hydrogen (secondary N) is 1. The number of anilines is 2. The van der Waals surface area contributed by atoms with Crippen LogP contribution in [0.4, 0.5) is 24.5 Å². The van der Waals surface area contributed by atoms with Crippen LogP contribution in [0.5, 0.6) is 0 Å². The second-order valence-electron chi connectivity index (χ2n) is 3.89. The molecule has 0 unspecified atom stereocenters. The third-order valence-corrected chi connectivity index (χ3v) is 2.28. The zero-order chi connectivity index (χ0) is 15.2. The van der Waals surface area contributed by atoms with E-state index in [1.165, 1.54) is 13.2 Å². The summed E-state index contributed by atoms with van der Waals surface area (Å²) >= 11 is 0. The Morgan fingerprint density at radius 2 is 2.10 bits per heavy atom. The summed E-state index contributed by atoms with van der Waals surface area (Å²) in [7, 11) is 1.22. The van der Waals surface area contributed by atoms with Crippen LogP contribution in [0.25, 0.3) is 0 Å². The van der Waals surface area contributed by atoms with Crippen LogP contribution in [0, 0.1) is 0 Å². The predicted octanol–water partition coefficient (Wildman–Crippen LogP) is 2.05. The van der Waals surface area contributed by atoms with E-state index in [1.54, 1.807) is 12.1 Å². The number of hydrogen-bond acceptors (Lipinski definition) is 5. The molecule has 1 aromatic carbocycles. The van der Waals surface area contributed by atoms with Gasteiger partial charge in [-0.25, -0.2) is 4.79 Å². The van der Waals surface area contributed by atoms with Crippen LogP contribution in [0.15, 0.2) is 18.2 Å². The Kier molecular flexibility index (Phi) is 5.63. The van der Waals surface area contributed by atoms with E-state index in [0.717, 1.165) is 0 Å². The SMILES string of the molecule is COC(=O)c1cc(N)ccc1NCCOCC(F)(F)F. The number of esters is 1. The Balaban J connectivity index is 2.53. The molecule has 0 saturated carbocycles. The maximum atomic E-state index is 11.8. The van der Waals surface area contributed by atoms with E-state index < -0.39 is 18.8 Å². The fourth-order valence-corrected chi connectivity index (χ4v) is 1.44. The predicted molar refractivity (Wildman–Crippen MR) is 67.6 cm³/mol. The zero-order valence-corrected chi connectivity index (χ0v) is 10.8. The van der Waals surface area contributed by atoms with Crippen molar-refractivity contribution in [2.24, 2.45) is 0 Å². The first-order chi connectivity index (χ1) is 9.33. The standard InChI is InChI=1S/C12H15F3N2O3/c1-19-11(18)9-6-8(16)2-3-10(9)17-4-5-20-7-12(13,14)15/h2-3,6,17H,4-5,7,16H2,1H3. The molecule has 0 saturated heterocycles. The highest BCUT2D eigenvalue weighted by atomic mass is 19.4. The van der Waals surface area contributed by atoms with Crippen molar-refractivity contribution in [1.29, 1.82) is 0 Å². The summed E-state index contributed by atoms with van der Waals surface area (Å²) in [5.74, 6) is -0.587. The summed E-state index contributed by atoms with van der Waals surface area (Å²) in [6.45, 7) is -1.34. The Morgan fingerprint density at radius 1 is 1.40 bits per heavy atom. The van der Waals surface area contributed by atoms with Crippen molar-refractivity contribution in [1.82, 2.24) is 0 Å². The number of ether oxygens (including phenoxy) is 2. The highest BCUT2D eigenvalue weighted by molar-refractivity contribution is 5.96. The fraction of sp³-hybridized carbons (Fsp3) is 0.417. The lowest BCUT2D eigenvalue weighted by molar-refractivity contribution is -0.172. The molecule has 0 amide bonds. The van der Waals surface area contributed by atoms with Crippen molar-refractivity contribution in [3.05, 3.63) is 23.8 Å². The highest BCUT2D eigenvalue weighted by Crippen LogP contribution is 2.20. The summed E-state index contributed by atoms with van der Waals surface area (Å²) in [4.78, 5) is 11.5. The van der Waals surface area contributed by atoms with Gasteiger partial charge in [0.2, 0.25) is 0 Å². The largest absolute Gasteiger partial charge is 0.465 e. The summed E-state index contributed by atoms with van der Waals surface area (Å²) in [6.07, 6.45) is -4.35. The minimum atomic E-state index is -4.35. The molecule has 0 atom stereocenters. The lowest BCUT2D eigenvalue weighted by Crippen LogP contribution is -2.20. The second-order valence-corrected chi connectivity index (χ2v) is 3.89. The molecule has 1 aromatic rings. The Labute approximate surface area is 113 Å². The van der Waals surface area contributed by atoms with Crippen molar-refractivity contribution in [3.8, 4) is 0 Å². The van der Waals surface area contributed by atoms with Gasteiger partial charge in [-0.1, -0.05) is 0 Å². The maximum Gasteiger partial charge on any atom is 0.411 e. The number of rotatable bonds is 6. The minimum Gasteiger partial charge on any atom is -0.465 e. The third-order valence-electron chi connectivity index (χ3n) is 2.28. The number of halogens is 3. The number of carbonyl (C=O) groups excluding carboxylic acids is 1. The molecule has 8 heteroatoms. The average Bonchev–Trinajstić information content (AvgIpc) is 2.37. The molecule has 0 aliphatic carbocycles. The van der Waals surface area contributed by atoms with Crippen LogP contribution in [0.1, 0.15) is 10.4 Å². The normalized spacial score (nSPS) is 11.2. The van der Waals surface area contributed by atoms with Gasteiger partial charge in [0.25, 0.3) is 0 Å². The number of carbonyl (C=O) groups is 1. The smallest absolute Gasteiger partial charge is 0.411 e. The molecule has 0 aliphatic rings. The molecule has 20 heavy (non-hydrogen) atoms. The van der Waals surface area contributed by atoms with Gasteiger partial charge in [0.15, 0.2) is 0 Å². The number of alkyl halides is 3. The topological polar surface area (TPSA) is 73.6 Å². The average molecular weight is 292 g/mol. The van der Waals surface area contributed by atoms with Gasteiger partial charge in [0.05, 0.1) is 19.3 Å². The monoisotopic (exact) mass is 292 g/mol. The molecule has 0 aromatic heterocycles. The number of benzene rings is 1. The van der Waals surface area contributed by atoms with Gasteiger partial charge in [-0.05, 0) is 18.2 Å². The van der Waals surface area contributed by atoms with Gasteiger partial charge in [-0.3, -0.25) is 0 Å². The van der Waals surface area contributed by atoms with Crippen molar-refractivity contribution in [2.45, 2.75) is 6.18 Å². The molecule has 1 rings (SSSR count). The molecule has 3 N–H and O–H groups in total. The highest BCUT2D eigenvalue weighted by Gasteiger charge is 2.27. The lowest BCUT2D eigenvalue weighted by Gasteiger charge is -2.12. The Morgan fingerprint density at radius 3 is 2.70 bits per heavy atom. The zero-order valence-electron chi connectivity index (χ0n) is 10.8. The Hall–Kier alpha value is -1.96. The van der Waals surface area contributed by atoms with E-state index in [9.17, 15) is 18.0 Å². The molecule has 112 valence electrons. The summed E-state index contributed by atoms with van der Waals surface area (Å²) in [5.41, 5.74) is 6.57. The summed E-state index contributed by atoms with van der Waals surface area (Å²) in [6, 6.07) is 4.53. The van der Waals surface area contributed by atoms with E-state index in [-0.39, 0.29) is 18.7 Å². The molecular formula is C12H15F3N2O3. The van der Waals surface area contributed by atoms with Crippen LogP contribution in [-0.2, 0) is 9.47 Å². The summed E-state index contributed by atoms with van der Waals surface area (Å²) in [5, 5.41) is 2.79. The van der Waals surface area contributed by atoms with Crippen LogP contribution in [0.3, 0.4) is 0 Å². The first-order valence-corrected chi connectivity index (χ1v) is 5.69. The van der Waals surface area contributed by atoms with Gasteiger partial charge in [-0.2, -0.15) is 13.2 Å². The fourth-order valence-electron chi connectivity index (χ4n) is 1.44. The molecule has 0 radical (unpaired) electrons. The van der Waals surface area contributed by atoms with E-state index in [4.69, 9.17) is 5.73 Å². The van der Waals surface area contributed by atoms with Crippen molar-refractivity contribution >= 4 is 17.3 Å². The lowest BCUT2D eigenvalue weighted by atomic mass is 10.1. The minimum absolute atomic E-state index is 0.115. The quantitative estimate of drug-likeness (QED) is 0.477. The second kappa shape index (κ2) is 6.99. The molecule has 0 heterocycles. The first-order valence-electron chi connectivity index (χ1n) is 5.69. The molecule has 0 fully saturated rings. The van der Waals surface area contributed by atoms with Crippen LogP contribution < -0.4 is 11.1 Å². The van der Waals surface area contributed by atoms with Crippen molar-refractivity contribution in [2.75, 3.05) is 37.9 Å². The number of hydrogen-bond donors (Lipinski definition) is 2. The van der Waals surface area contributed by atoms with Gasteiger partial charge in [-0.15, -0.1) is 0 Å². The third kappa shape index (κ3) is 5.35. The van der Waals surface area contributed by atoms with Gasteiger partial charge in [0.1, 0.15) is 6.61 Å². The van der Waals surface area contributed by atoms with Gasteiger partial charge < -0.3 is 20.5 Å². The molecule has 5 nitrogen and oxygen atoms in total. The molecular weight excluding hydrogens is 277 g/mol. The van der Waals surface area contributed by atoms with E-state index >= 15 is 0 Å².